The number of hydrogen-bond donors (Lipinski definition) is 0. The fraction of sp³-hybridized carbons (Fsp3) is 0. The van der Waals surface area contributed by atoms with Gasteiger partial charge in [-0.25, -0.2) is 9.97 Å². The van der Waals surface area contributed by atoms with E-state index in [-0.39, 0.29) is 0 Å². The largest absolute Gasteiger partial charge is 0.311 e. The molecule has 0 radical (unpaired) electrons. The number of hydrogen-bond acceptors (Lipinski definition) is 3. The van der Waals surface area contributed by atoms with Gasteiger partial charge in [0.05, 0.1) is 22.8 Å². The zero-order chi connectivity index (χ0) is 36.6. The molecule has 4 heterocycles. The average molecular weight is 706 g/mol. The summed E-state index contributed by atoms with van der Waals surface area (Å²) in [7, 11) is 0. The van der Waals surface area contributed by atoms with Gasteiger partial charge in [0.25, 0.3) is 0 Å². The molecule has 0 aliphatic carbocycles. The lowest BCUT2D eigenvalue weighted by Gasteiger charge is -2.26. The molecule has 0 unspecified atom stereocenters. The van der Waals surface area contributed by atoms with Crippen molar-refractivity contribution in [3.05, 3.63) is 213 Å². The van der Waals surface area contributed by atoms with E-state index in [1.807, 2.05) is 24.3 Å². The van der Waals surface area contributed by atoms with E-state index in [1.165, 1.54) is 11.1 Å². The van der Waals surface area contributed by atoms with E-state index in [4.69, 9.17) is 9.97 Å². The molecule has 0 fully saturated rings. The summed E-state index contributed by atoms with van der Waals surface area (Å²) < 4.78 is 4.35. The van der Waals surface area contributed by atoms with E-state index in [0.29, 0.717) is 0 Å². The van der Waals surface area contributed by atoms with Gasteiger partial charge in [0.1, 0.15) is 11.3 Å². The molecule has 55 heavy (non-hydrogen) atoms. The first-order valence-electron chi connectivity index (χ1n) is 18.5. The third-order valence-corrected chi connectivity index (χ3v) is 10.2. The van der Waals surface area contributed by atoms with Crippen LogP contribution in [0.1, 0.15) is 0 Å². The van der Waals surface area contributed by atoms with Crippen molar-refractivity contribution in [2.24, 2.45) is 0 Å². The van der Waals surface area contributed by atoms with Gasteiger partial charge in [0.15, 0.2) is 0 Å². The van der Waals surface area contributed by atoms with Gasteiger partial charge in [-0.2, -0.15) is 0 Å². The number of fused-ring (bicyclic) bond motifs is 2. The highest BCUT2D eigenvalue weighted by Gasteiger charge is 2.20. The standard InChI is InChI=1S/C50H35N5/c1-4-14-36(15-5-1)37-22-28-42(29-23-37)55(43-30-24-38(25-31-43)47-49(40-16-6-2-7-17-40)53-34-12-10-20-45(53)51-47)44-32-26-39(27-33-44)48-50(41-18-8-3-9-19-41)54-35-13-11-21-46(54)52-48/h1-35H. The maximum absolute atomic E-state index is 5.11. The highest BCUT2D eigenvalue weighted by molar-refractivity contribution is 5.86. The van der Waals surface area contributed by atoms with E-state index in [9.17, 15) is 0 Å². The SMILES string of the molecule is c1ccc(-c2ccc(N(c3ccc(-c4nc5ccccn5c4-c4ccccc4)cc3)c3ccc(-c4nc5ccccn5c4-c4ccccc4)cc3)cc2)cc1. The van der Waals surface area contributed by atoms with Crippen molar-refractivity contribution < 1.29 is 0 Å². The molecule has 4 aromatic heterocycles. The molecule has 0 saturated carbocycles. The van der Waals surface area contributed by atoms with Crippen molar-refractivity contribution in [3.8, 4) is 56.2 Å². The van der Waals surface area contributed by atoms with E-state index < -0.39 is 0 Å². The lowest BCUT2D eigenvalue weighted by Crippen LogP contribution is -2.09. The molecule has 6 aromatic carbocycles. The molecule has 0 bridgehead atoms. The van der Waals surface area contributed by atoms with Crippen LogP contribution in [-0.4, -0.2) is 18.8 Å². The van der Waals surface area contributed by atoms with Gasteiger partial charge in [-0.3, -0.25) is 8.80 Å². The van der Waals surface area contributed by atoms with Gasteiger partial charge in [-0.1, -0.05) is 140 Å². The summed E-state index contributed by atoms with van der Waals surface area (Å²) >= 11 is 0. The normalized spacial score (nSPS) is 11.3. The highest BCUT2D eigenvalue weighted by Crippen LogP contribution is 2.40. The quantitative estimate of drug-likeness (QED) is 0.158. The van der Waals surface area contributed by atoms with Crippen LogP contribution >= 0.6 is 0 Å². The molecule has 5 nitrogen and oxygen atoms in total. The number of imidazole rings is 2. The summed E-state index contributed by atoms with van der Waals surface area (Å²) in [4.78, 5) is 12.5. The lowest BCUT2D eigenvalue weighted by molar-refractivity contribution is 1.19. The van der Waals surface area contributed by atoms with Gasteiger partial charge in [-0.05, 0) is 71.8 Å². The predicted octanol–water partition coefficient (Wildman–Crippen LogP) is 12.8. The summed E-state index contributed by atoms with van der Waals surface area (Å²) in [5.41, 5.74) is 15.8. The molecule has 260 valence electrons. The number of nitrogens with zero attached hydrogens (tertiary/aromatic N) is 5. The topological polar surface area (TPSA) is 37.8 Å². The molecule has 5 heteroatoms. The van der Waals surface area contributed by atoms with Gasteiger partial charge in [0.2, 0.25) is 0 Å². The van der Waals surface area contributed by atoms with Crippen molar-refractivity contribution in [1.29, 1.82) is 0 Å². The van der Waals surface area contributed by atoms with Gasteiger partial charge in [-0.15, -0.1) is 0 Å². The van der Waals surface area contributed by atoms with E-state index in [2.05, 4.69) is 202 Å². The predicted molar refractivity (Wildman–Crippen MR) is 226 cm³/mol. The van der Waals surface area contributed by atoms with Crippen LogP contribution in [0.3, 0.4) is 0 Å². The second-order valence-corrected chi connectivity index (χ2v) is 13.5. The number of aromatic nitrogens is 4. The Bertz CT molecular complexity index is 2720. The Hall–Kier alpha value is -7.50. The second kappa shape index (κ2) is 13.8. The maximum atomic E-state index is 5.11. The molecule has 0 atom stereocenters. The fourth-order valence-corrected chi connectivity index (χ4v) is 7.56. The van der Waals surface area contributed by atoms with Crippen LogP contribution < -0.4 is 4.90 Å². The highest BCUT2D eigenvalue weighted by atomic mass is 15.1. The molecule has 0 amide bonds. The molecule has 10 rings (SSSR count). The zero-order valence-electron chi connectivity index (χ0n) is 29.9. The van der Waals surface area contributed by atoms with Crippen LogP contribution in [-0.2, 0) is 0 Å². The van der Waals surface area contributed by atoms with Gasteiger partial charge in [0, 0.05) is 51.7 Å². The van der Waals surface area contributed by atoms with Gasteiger partial charge >= 0.3 is 0 Å². The number of anilines is 3. The first-order chi connectivity index (χ1) is 27.3. The Labute approximate surface area is 319 Å². The molecule has 0 aliphatic heterocycles. The second-order valence-electron chi connectivity index (χ2n) is 13.5. The van der Waals surface area contributed by atoms with Gasteiger partial charge < -0.3 is 4.90 Å². The first-order valence-corrected chi connectivity index (χ1v) is 18.5. The van der Waals surface area contributed by atoms with Crippen LogP contribution in [0.4, 0.5) is 17.1 Å². The molecule has 0 saturated heterocycles. The zero-order valence-corrected chi connectivity index (χ0v) is 29.9. The summed E-state index contributed by atoms with van der Waals surface area (Å²) in [6.45, 7) is 0. The Kier molecular flexibility index (Phi) is 8.08. The number of rotatable bonds is 8. The van der Waals surface area contributed by atoms with Crippen molar-refractivity contribution in [2.45, 2.75) is 0 Å². The third-order valence-electron chi connectivity index (χ3n) is 10.2. The fourth-order valence-electron chi connectivity index (χ4n) is 7.56. The van der Waals surface area contributed by atoms with Crippen LogP contribution in [0.5, 0.6) is 0 Å². The Morgan fingerprint density at radius 2 is 0.618 bits per heavy atom. The van der Waals surface area contributed by atoms with E-state index >= 15 is 0 Å². The smallest absolute Gasteiger partial charge is 0.137 e. The molecular weight excluding hydrogens is 671 g/mol. The van der Waals surface area contributed by atoms with Crippen LogP contribution in [0.25, 0.3) is 67.5 Å². The first kappa shape index (κ1) is 32.2. The van der Waals surface area contributed by atoms with E-state index in [0.717, 1.165) is 73.4 Å². The number of pyridine rings is 2. The van der Waals surface area contributed by atoms with E-state index in [1.54, 1.807) is 0 Å². The molecule has 10 aromatic rings. The minimum absolute atomic E-state index is 0.918. The van der Waals surface area contributed by atoms with Crippen molar-refractivity contribution in [2.75, 3.05) is 4.90 Å². The molecule has 0 aliphatic rings. The molecular formula is C50H35N5. The monoisotopic (exact) mass is 705 g/mol. The third kappa shape index (κ3) is 5.94. The Morgan fingerprint density at radius 3 is 1.02 bits per heavy atom. The van der Waals surface area contributed by atoms with Crippen molar-refractivity contribution >= 4 is 28.4 Å². The Morgan fingerprint density at radius 1 is 0.291 bits per heavy atom. The minimum Gasteiger partial charge on any atom is -0.311 e. The summed E-state index contributed by atoms with van der Waals surface area (Å²) in [5.74, 6) is 0. The summed E-state index contributed by atoms with van der Waals surface area (Å²) in [6.07, 6.45) is 4.17. The maximum Gasteiger partial charge on any atom is 0.137 e. The lowest BCUT2D eigenvalue weighted by atomic mass is 10.0. The Balaban J connectivity index is 1.07. The average Bonchev–Trinajstić information content (AvgIpc) is 3.85. The van der Waals surface area contributed by atoms with Crippen molar-refractivity contribution in [1.82, 2.24) is 18.8 Å². The number of benzene rings is 6. The van der Waals surface area contributed by atoms with Crippen LogP contribution in [0.15, 0.2) is 213 Å². The summed E-state index contributed by atoms with van der Waals surface area (Å²) in [6, 6.07) is 70.1. The minimum atomic E-state index is 0.918. The van der Waals surface area contributed by atoms with Crippen molar-refractivity contribution in [3.63, 3.8) is 0 Å². The molecule has 0 spiro atoms. The van der Waals surface area contributed by atoms with Crippen LogP contribution in [0.2, 0.25) is 0 Å². The molecule has 0 N–H and O–H groups in total. The van der Waals surface area contributed by atoms with Crippen LogP contribution in [0, 0.1) is 0 Å². The summed E-state index contributed by atoms with van der Waals surface area (Å²) in [5, 5.41) is 0.